The summed E-state index contributed by atoms with van der Waals surface area (Å²) in [5, 5.41) is 4.82. The molecule has 0 unspecified atom stereocenters. The molecule has 1 rings (SSSR count). The second kappa shape index (κ2) is 8.40. The maximum absolute atomic E-state index is 12.1. The third-order valence-corrected chi connectivity index (χ3v) is 2.71. The average molecular weight is 306 g/mol. The van der Waals surface area contributed by atoms with E-state index in [0.717, 1.165) is 4.90 Å². The molecule has 1 aromatic carbocycles. The van der Waals surface area contributed by atoms with Gasteiger partial charge in [0.1, 0.15) is 0 Å². The van der Waals surface area contributed by atoms with Gasteiger partial charge in [0.2, 0.25) is 12.3 Å². The molecule has 0 saturated carbocycles. The molecule has 4 amide bonds. The molecule has 0 fully saturated rings. The van der Waals surface area contributed by atoms with Gasteiger partial charge >= 0.3 is 11.8 Å². The zero-order valence-electron chi connectivity index (χ0n) is 12.2. The highest BCUT2D eigenvalue weighted by molar-refractivity contribution is 6.45. The second-order valence-corrected chi connectivity index (χ2v) is 4.44. The molecule has 0 saturated heterocycles. The molecule has 22 heavy (non-hydrogen) atoms. The number of benzene rings is 1. The number of nitrogen functional groups attached to an aromatic ring is 1. The fourth-order valence-electron chi connectivity index (χ4n) is 1.73. The predicted molar refractivity (Wildman–Crippen MR) is 80.7 cm³/mol. The third-order valence-electron chi connectivity index (χ3n) is 2.71. The Morgan fingerprint density at radius 1 is 1.27 bits per heavy atom. The van der Waals surface area contributed by atoms with Crippen LogP contribution in [0.3, 0.4) is 0 Å². The van der Waals surface area contributed by atoms with Gasteiger partial charge in [0.25, 0.3) is 0 Å². The Hall–Kier alpha value is -2.90. The fourth-order valence-corrected chi connectivity index (χ4v) is 1.73. The molecule has 0 radical (unpaired) electrons. The van der Waals surface area contributed by atoms with E-state index in [-0.39, 0.29) is 12.2 Å². The lowest BCUT2D eigenvalue weighted by atomic mass is 10.2. The van der Waals surface area contributed by atoms with Crippen LogP contribution in [0.15, 0.2) is 24.3 Å². The molecule has 0 bridgehead atoms. The van der Waals surface area contributed by atoms with Crippen molar-refractivity contribution in [3.05, 3.63) is 24.3 Å². The molecule has 0 aliphatic carbocycles. The van der Waals surface area contributed by atoms with Crippen molar-refractivity contribution in [1.29, 1.82) is 0 Å². The topological polar surface area (TPSA) is 122 Å². The molecule has 1 aromatic rings. The highest BCUT2D eigenvalue weighted by Crippen LogP contribution is 2.18. The molecule has 118 valence electrons. The molecule has 8 heteroatoms. The highest BCUT2D eigenvalue weighted by atomic mass is 16.2. The van der Waals surface area contributed by atoms with E-state index in [1.54, 1.807) is 12.1 Å². The quantitative estimate of drug-likeness (QED) is 0.280. The Bertz CT molecular complexity index is 574. The van der Waals surface area contributed by atoms with Gasteiger partial charge in [0.15, 0.2) is 0 Å². The summed E-state index contributed by atoms with van der Waals surface area (Å²) in [7, 11) is 0. The maximum Gasteiger partial charge on any atom is 0.323 e. The van der Waals surface area contributed by atoms with E-state index in [9.17, 15) is 19.2 Å². The van der Waals surface area contributed by atoms with Crippen LogP contribution in [0.4, 0.5) is 11.4 Å². The number of imide groups is 1. The van der Waals surface area contributed by atoms with Crippen molar-refractivity contribution >= 4 is 35.5 Å². The van der Waals surface area contributed by atoms with E-state index in [0.29, 0.717) is 25.1 Å². The lowest BCUT2D eigenvalue weighted by Crippen LogP contribution is -2.46. The van der Waals surface area contributed by atoms with E-state index < -0.39 is 17.7 Å². The number of nitrogens with one attached hydrogen (secondary N) is 2. The van der Waals surface area contributed by atoms with Crippen molar-refractivity contribution in [1.82, 2.24) is 10.6 Å². The van der Waals surface area contributed by atoms with E-state index in [4.69, 9.17) is 5.73 Å². The first-order valence-corrected chi connectivity index (χ1v) is 6.62. The van der Waals surface area contributed by atoms with Crippen LogP contribution < -0.4 is 21.3 Å². The van der Waals surface area contributed by atoms with Gasteiger partial charge in [-0.3, -0.25) is 19.2 Å². The van der Waals surface area contributed by atoms with E-state index in [1.165, 1.54) is 19.1 Å². The van der Waals surface area contributed by atoms with Gasteiger partial charge in [-0.25, -0.2) is 4.90 Å². The van der Waals surface area contributed by atoms with Gasteiger partial charge in [-0.2, -0.15) is 0 Å². The summed E-state index contributed by atoms with van der Waals surface area (Å²) >= 11 is 0. The number of nitrogens with two attached hydrogens (primary N) is 1. The Kier molecular flexibility index (Phi) is 6.55. The summed E-state index contributed by atoms with van der Waals surface area (Å²) in [5.41, 5.74) is 6.22. The lowest BCUT2D eigenvalue weighted by molar-refractivity contribution is -0.139. The van der Waals surface area contributed by atoms with Crippen LogP contribution in [0.5, 0.6) is 0 Å². The maximum atomic E-state index is 12.1. The zero-order valence-corrected chi connectivity index (χ0v) is 12.2. The molecule has 4 N–H and O–H groups in total. The molecule has 8 nitrogen and oxygen atoms in total. The molecule has 0 spiro atoms. The Labute approximate surface area is 127 Å². The minimum absolute atomic E-state index is 0.202. The number of hydrogen-bond acceptors (Lipinski definition) is 5. The van der Waals surface area contributed by atoms with Crippen LogP contribution in [-0.2, 0) is 19.2 Å². The predicted octanol–water partition coefficient (Wildman–Crippen LogP) is -0.599. The van der Waals surface area contributed by atoms with Gasteiger partial charge in [0, 0.05) is 25.7 Å². The number of rotatable bonds is 6. The molecule has 0 aliphatic rings. The first-order chi connectivity index (χ1) is 10.5. The molecule has 0 heterocycles. The first-order valence-electron chi connectivity index (χ1n) is 6.62. The van der Waals surface area contributed by atoms with Gasteiger partial charge in [-0.15, -0.1) is 0 Å². The Balaban J connectivity index is 2.71. The van der Waals surface area contributed by atoms with Gasteiger partial charge in [0.05, 0.1) is 5.69 Å². The summed E-state index contributed by atoms with van der Waals surface area (Å²) in [4.78, 5) is 46.4. The van der Waals surface area contributed by atoms with Gasteiger partial charge < -0.3 is 16.4 Å². The second-order valence-electron chi connectivity index (χ2n) is 4.44. The van der Waals surface area contributed by atoms with Crippen molar-refractivity contribution in [2.45, 2.75) is 13.3 Å². The number of hydrogen-bond donors (Lipinski definition) is 3. The summed E-state index contributed by atoms with van der Waals surface area (Å²) in [6.45, 7) is 1.76. The average Bonchev–Trinajstić information content (AvgIpc) is 2.46. The number of amides is 4. The van der Waals surface area contributed by atoms with Crippen molar-refractivity contribution in [3.8, 4) is 0 Å². The Morgan fingerprint density at radius 2 is 2.00 bits per heavy atom. The normalized spacial score (nSPS) is 9.68. The Morgan fingerprint density at radius 3 is 2.59 bits per heavy atom. The molecule has 0 atom stereocenters. The van der Waals surface area contributed by atoms with E-state index in [1.807, 2.05) is 0 Å². The van der Waals surface area contributed by atoms with Gasteiger partial charge in [-0.1, -0.05) is 6.07 Å². The minimum Gasteiger partial charge on any atom is -0.399 e. The minimum atomic E-state index is -0.985. The number of anilines is 2. The summed E-state index contributed by atoms with van der Waals surface area (Å²) in [6, 6.07) is 6.13. The zero-order chi connectivity index (χ0) is 16.5. The van der Waals surface area contributed by atoms with E-state index >= 15 is 0 Å². The van der Waals surface area contributed by atoms with E-state index in [2.05, 4.69) is 10.6 Å². The van der Waals surface area contributed by atoms with Crippen molar-refractivity contribution in [3.63, 3.8) is 0 Å². The lowest BCUT2D eigenvalue weighted by Gasteiger charge is -2.19. The SMILES string of the molecule is CC(=O)N(C(=O)C(=O)NCCCNC=O)c1cccc(N)c1. The summed E-state index contributed by atoms with van der Waals surface area (Å²) in [6.07, 6.45) is 1.01. The van der Waals surface area contributed by atoms with Crippen molar-refractivity contribution in [2.24, 2.45) is 0 Å². The number of nitrogens with zero attached hydrogens (tertiary/aromatic N) is 1. The summed E-state index contributed by atoms with van der Waals surface area (Å²) in [5.74, 6) is -2.47. The first kappa shape index (κ1) is 17.2. The molecule has 0 aliphatic heterocycles. The van der Waals surface area contributed by atoms with Crippen molar-refractivity contribution < 1.29 is 19.2 Å². The fraction of sp³-hybridized carbons (Fsp3) is 0.286. The number of carbonyl (C=O) groups excluding carboxylic acids is 4. The standard InChI is InChI=1S/C14H18N4O4/c1-10(20)18(12-5-2-4-11(15)8-12)14(22)13(21)17-7-3-6-16-9-19/h2,4-5,8-9H,3,6-7,15H2,1H3,(H,16,19)(H,17,21). The molecular formula is C14H18N4O4. The summed E-state index contributed by atoms with van der Waals surface area (Å²) < 4.78 is 0. The molecule has 0 aromatic heterocycles. The molecular weight excluding hydrogens is 288 g/mol. The highest BCUT2D eigenvalue weighted by Gasteiger charge is 2.26. The van der Waals surface area contributed by atoms with Crippen LogP contribution in [0.25, 0.3) is 0 Å². The van der Waals surface area contributed by atoms with Gasteiger partial charge in [-0.05, 0) is 24.6 Å². The van der Waals surface area contributed by atoms with Crippen LogP contribution in [0, 0.1) is 0 Å². The van der Waals surface area contributed by atoms with Crippen molar-refractivity contribution in [2.75, 3.05) is 23.7 Å². The van der Waals surface area contributed by atoms with Crippen LogP contribution in [0.2, 0.25) is 0 Å². The van der Waals surface area contributed by atoms with Crippen LogP contribution in [-0.4, -0.2) is 37.2 Å². The van der Waals surface area contributed by atoms with Crippen LogP contribution in [0.1, 0.15) is 13.3 Å². The largest absolute Gasteiger partial charge is 0.399 e. The van der Waals surface area contributed by atoms with Crippen LogP contribution >= 0.6 is 0 Å². The monoisotopic (exact) mass is 306 g/mol. The third kappa shape index (κ3) is 4.89. The smallest absolute Gasteiger partial charge is 0.323 e. The number of carbonyl (C=O) groups is 4.